The van der Waals surface area contributed by atoms with Gasteiger partial charge in [-0.2, -0.15) is 5.10 Å². The molecule has 5 heteroatoms. The van der Waals surface area contributed by atoms with Gasteiger partial charge in [0.25, 0.3) is 0 Å². The van der Waals surface area contributed by atoms with Crippen LogP contribution in [0.5, 0.6) is 0 Å². The van der Waals surface area contributed by atoms with Gasteiger partial charge in [-0.05, 0) is 35.4 Å². The molecule has 3 heterocycles. The minimum atomic E-state index is 0.735. The van der Waals surface area contributed by atoms with E-state index in [0.29, 0.717) is 0 Å². The van der Waals surface area contributed by atoms with Crippen molar-refractivity contribution in [2.75, 3.05) is 0 Å². The van der Waals surface area contributed by atoms with E-state index in [1.54, 1.807) is 0 Å². The summed E-state index contributed by atoms with van der Waals surface area (Å²) in [5.41, 5.74) is 5.12. The fourth-order valence-electron chi connectivity index (χ4n) is 3.44. The van der Waals surface area contributed by atoms with E-state index < -0.39 is 0 Å². The molecule has 0 saturated heterocycles. The highest BCUT2D eigenvalue weighted by molar-refractivity contribution is 5.83. The summed E-state index contributed by atoms with van der Waals surface area (Å²) in [5.74, 6) is 0.735. The number of aryl methyl sites for hydroxylation is 1. The van der Waals surface area contributed by atoms with Crippen LogP contribution in [0.4, 0.5) is 0 Å². The molecular weight excluding hydrogens is 334 g/mol. The Morgan fingerprint density at radius 2 is 1.74 bits per heavy atom. The molecular formula is C22H19N5. The predicted molar refractivity (Wildman–Crippen MR) is 107 cm³/mol. The van der Waals surface area contributed by atoms with Crippen LogP contribution in [0.3, 0.4) is 0 Å². The Kier molecular flexibility index (Phi) is 3.53. The number of imidazole rings is 1. The Morgan fingerprint density at radius 1 is 0.926 bits per heavy atom. The third-order valence-electron chi connectivity index (χ3n) is 5.08. The monoisotopic (exact) mass is 353 g/mol. The second-order valence-electron chi connectivity index (χ2n) is 6.88. The highest BCUT2D eigenvalue weighted by Gasteiger charge is 2.16. The molecule has 0 spiro atoms. The van der Waals surface area contributed by atoms with Crippen molar-refractivity contribution >= 4 is 10.8 Å². The summed E-state index contributed by atoms with van der Waals surface area (Å²) in [7, 11) is 1.93. The quantitative estimate of drug-likeness (QED) is 0.486. The Labute approximate surface area is 157 Å². The maximum absolute atomic E-state index is 4.72. The van der Waals surface area contributed by atoms with Gasteiger partial charge in [0.1, 0.15) is 5.69 Å². The van der Waals surface area contributed by atoms with Crippen molar-refractivity contribution in [3.05, 3.63) is 78.4 Å². The summed E-state index contributed by atoms with van der Waals surface area (Å²) in [6.45, 7) is 2.83. The second-order valence-corrected chi connectivity index (χ2v) is 6.88. The number of aromatic nitrogens is 5. The van der Waals surface area contributed by atoms with Gasteiger partial charge >= 0.3 is 0 Å². The average molecular weight is 353 g/mol. The molecule has 0 saturated carbocycles. The first-order chi connectivity index (χ1) is 13.2. The van der Waals surface area contributed by atoms with Crippen LogP contribution in [0.25, 0.3) is 33.5 Å². The zero-order valence-electron chi connectivity index (χ0n) is 15.3. The zero-order valence-corrected chi connectivity index (χ0v) is 15.3. The molecule has 3 aromatic rings. The van der Waals surface area contributed by atoms with Gasteiger partial charge in [-0.1, -0.05) is 36.4 Å². The first-order valence-corrected chi connectivity index (χ1v) is 8.97. The predicted octanol–water partition coefficient (Wildman–Crippen LogP) is 4.29. The molecule has 0 unspecified atom stereocenters. The molecule has 2 aliphatic heterocycles. The van der Waals surface area contributed by atoms with E-state index in [9.17, 15) is 0 Å². The average Bonchev–Trinajstić information content (AvgIpc) is 3.24. The molecule has 132 valence electrons. The lowest BCUT2D eigenvalue weighted by Crippen LogP contribution is -2.00. The number of fused-ring (bicyclic) bond motifs is 2. The van der Waals surface area contributed by atoms with Crippen LogP contribution in [0.15, 0.2) is 67.1 Å². The highest BCUT2D eigenvalue weighted by Crippen LogP contribution is 2.26. The van der Waals surface area contributed by atoms with Gasteiger partial charge < -0.3 is 4.57 Å². The smallest absolute Gasteiger partial charge is 0.164 e. The van der Waals surface area contributed by atoms with E-state index in [4.69, 9.17) is 4.98 Å². The minimum Gasteiger partial charge on any atom is -0.348 e. The lowest BCUT2D eigenvalue weighted by atomic mass is 10.1. The van der Waals surface area contributed by atoms with Crippen molar-refractivity contribution in [1.82, 2.24) is 24.3 Å². The van der Waals surface area contributed by atoms with Crippen LogP contribution < -0.4 is 0 Å². The van der Waals surface area contributed by atoms with Gasteiger partial charge in [-0.3, -0.25) is 4.68 Å². The summed E-state index contributed by atoms with van der Waals surface area (Å²) < 4.78 is 4.00. The third kappa shape index (κ3) is 2.77. The largest absolute Gasteiger partial charge is 0.348 e. The second kappa shape index (κ2) is 6.06. The van der Waals surface area contributed by atoms with Crippen molar-refractivity contribution in [1.29, 1.82) is 0 Å². The van der Waals surface area contributed by atoms with Crippen molar-refractivity contribution in [3.8, 4) is 22.8 Å². The summed E-state index contributed by atoms with van der Waals surface area (Å²) in [6, 6.07) is 17.1. The molecule has 0 fully saturated rings. The fourth-order valence-corrected chi connectivity index (χ4v) is 3.44. The van der Waals surface area contributed by atoms with E-state index >= 15 is 0 Å². The third-order valence-corrected chi connectivity index (χ3v) is 5.08. The molecule has 2 aromatic carbocycles. The SMILES string of the molecule is Cc1c(-c2nc3ccn(Cc4ccc5ccccc5c4)cc-3n2)cnn1C. The van der Waals surface area contributed by atoms with Gasteiger partial charge in [0.15, 0.2) is 5.82 Å². The zero-order chi connectivity index (χ0) is 18.4. The van der Waals surface area contributed by atoms with E-state index in [0.717, 1.165) is 35.0 Å². The van der Waals surface area contributed by atoms with Crippen molar-refractivity contribution in [2.24, 2.45) is 7.05 Å². The van der Waals surface area contributed by atoms with E-state index in [2.05, 4.69) is 69.5 Å². The molecule has 0 bridgehead atoms. The Hall–Kier alpha value is -3.47. The van der Waals surface area contributed by atoms with Gasteiger partial charge in [0, 0.05) is 31.7 Å². The molecule has 0 atom stereocenters. The maximum atomic E-state index is 4.72. The molecule has 2 aliphatic rings. The Balaban J connectivity index is 1.49. The van der Waals surface area contributed by atoms with Crippen molar-refractivity contribution < 1.29 is 0 Å². The molecule has 0 aliphatic carbocycles. The summed E-state index contributed by atoms with van der Waals surface area (Å²) in [6.07, 6.45) is 5.95. The lowest BCUT2D eigenvalue weighted by Gasteiger charge is -2.09. The van der Waals surface area contributed by atoms with E-state index in [-0.39, 0.29) is 0 Å². The van der Waals surface area contributed by atoms with E-state index in [1.165, 1.54) is 16.3 Å². The molecule has 5 nitrogen and oxygen atoms in total. The van der Waals surface area contributed by atoms with Crippen LogP contribution in [0, 0.1) is 6.92 Å². The molecule has 1 aromatic heterocycles. The number of nitrogens with zero attached hydrogens (tertiary/aromatic N) is 5. The standard InChI is InChI=1S/C22H19N5/c1-15-19(12-23-26(15)2)22-24-20-9-10-27(14-21(20)25-22)13-16-7-8-17-5-3-4-6-18(17)11-16/h3-12,14H,13H2,1-2H3. The molecule has 0 amide bonds. The normalized spacial score (nSPS) is 11.5. The molecule has 5 rings (SSSR count). The van der Waals surface area contributed by atoms with Crippen molar-refractivity contribution in [2.45, 2.75) is 13.5 Å². The van der Waals surface area contributed by atoms with Gasteiger partial charge in [-0.25, -0.2) is 9.97 Å². The van der Waals surface area contributed by atoms with Gasteiger partial charge in [0.05, 0.1) is 17.5 Å². The summed E-state index contributed by atoms with van der Waals surface area (Å²) in [4.78, 5) is 9.39. The number of hydrogen-bond donors (Lipinski definition) is 0. The molecule has 27 heavy (non-hydrogen) atoms. The van der Waals surface area contributed by atoms with Gasteiger partial charge in [-0.15, -0.1) is 0 Å². The first kappa shape index (κ1) is 15.8. The highest BCUT2D eigenvalue weighted by atomic mass is 15.3. The molecule has 0 N–H and O–H groups in total. The van der Waals surface area contributed by atoms with Crippen LogP contribution >= 0.6 is 0 Å². The summed E-state index contributed by atoms with van der Waals surface area (Å²) in [5, 5.41) is 6.82. The van der Waals surface area contributed by atoms with Gasteiger partial charge in [0.2, 0.25) is 0 Å². The van der Waals surface area contributed by atoms with Crippen LogP contribution in [-0.4, -0.2) is 24.3 Å². The maximum Gasteiger partial charge on any atom is 0.164 e. The first-order valence-electron chi connectivity index (χ1n) is 8.97. The van der Waals surface area contributed by atoms with E-state index in [1.807, 2.05) is 30.9 Å². The Morgan fingerprint density at radius 3 is 2.56 bits per heavy atom. The number of rotatable bonds is 3. The lowest BCUT2D eigenvalue weighted by molar-refractivity contribution is 0.740. The van der Waals surface area contributed by atoms with Crippen molar-refractivity contribution in [3.63, 3.8) is 0 Å². The minimum absolute atomic E-state index is 0.735. The van der Waals surface area contributed by atoms with Crippen LogP contribution in [0.1, 0.15) is 11.3 Å². The summed E-state index contributed by atoms with van der Waals surface area (Å²) >= 11 is 0. The number of hydrogen-bond acceptors (Lipinski definition) is 3. The van der Waals surface area contributed by atoms with Crippen LogP contribution in [0.2, 0.25) is 0 Å². The number of pyridine rings is 1. The fraction of sp³-hybridized carbons (Fsp3) is 0.136. The van der Waals surface area contributed by atoms with Crippen LogP contribution in [-0.2, 0) is 13.6 Å². The number of benzene rings is 2. The molecule has 0 radical (unpaired) electrons. The Bertz CT molecular complexity index is 1230. The topological polar surface area (TPSA) is 48.5 Å².